The minimum Gasteiger partial charge on any atom is -0.348 e. The van der Waals surface area contributed by atoms with Gasteiger partial charge in [0.25, 0.3) is 0 Å². The first-order valence-corrected chi connectivity index (χ1v) is 4.65. The Morgan fingerprint density at radius 1 is 0.889 bits per heavy atom. The van der Waals surface area contributed by atoms with Gasteiger partial charge in [-0.1, -0.05) is 0 Å². The van der Waals surface area contributed by atoms with Gasteiger partial charge in [-0.05, 0) is 6.92 Å². The van der Waals surface area contributed by atoms with Crippen molar-refractivity contribution < 1.29 is 39.9 Å². The van der Waals surface area contributed by atoms with Gasteiger partial charge in [0, 0.05) is 0 Å². The third-order valence-electron chi connectivity index (χ3n) is 0.677. The van der Waals surface area contributed by atoms with Crippen molar-refractivity contribution in [3.63, 3.8) is 0 Å². The summed E-state index contributed by atoms with van der Waals surface area (Å²) in [5, 5.41) is 0. The second kappa shape index (κ2) is 25.3. The zero-order valence-electron chi connectivity index (χ0n) is 10.2. The minimum absolute atomic E-state index is 0.128. The molecule has 0 amide bonds. The Labute approximate surface area is 101 Å². The van der Waals surface area contributed by atoms with Gasteiger partial charge in [-0.2, -0.15) is 13.2 Å². The molecule has 0 saturated heterocycles. The highest BCUT2D eigenvalue weighted by molar-refractivity contribution is 4.45. The predicted molar refractivity (Wildman–Crippen MR) is 53.2 cm³/mol. The molecule has 116 valence electrons. The van der Waals surface area contributed by atoms with Gasteiger partial charge in [-0.25, -0.2) is 8.78 Å². The van der Waals surface area contributed by atoms with Crippen LogP contribution in [0.1, 0.15) is 13.3 Å². The van der Waals surface area contributed by atoms with E-state index in [1.807, 2.05) is 0 Å². The average molecular weight is 294 g/mol. The summed E-state index contributed by atoms with van der Waals surface area (Å²) in [7, 11) is 0.500. The maximum atomic E-state index is 10.9. The third kappa shape index (κ3) is 78.0. The maximum Gasteiger partial charge on any atom is 0.391 e. The van der Waals surface area contributed by atoms with Crippen molar-refractivity contribution in [3.05, 3.63) is 0 Å². The molecule has 18 heavy (non-hydrogen) atoms. The lowest BCUT2D eigenvalue weighted by Gasteiger charge is -1.98. The fraction of sp³-hybridized carbons (Fsp3) is 1.00. The van der Waals surface area contributed by atoms with Crippen LogP contribution >= 0.6 is 0 Å². The monoisotopic (exact) mass is 294 g/mol. The first kappa shape index (κ1) is 26.1. The smallest absolute Gasteiger partial charge is 0.348 e. The quantitative estimate of drug-likeness (QED) is 0.552. The van der Waals surface area contributed by atoms with E-state index in [0.29, 0.717) is 7.18 Å². The highest BCUT2D eigenvalue weighted by Crippen LogP contribution is 2.18. The van der Waals surface area contributed by atoms with Crippen LogP contribution in [0.5, 0.6) is 0 Å². The molecule has 0 fully saturated rings. The zero-order valence-corrected chi connectivity index (χ0v) is 10.2. The Balaban J connectivity index is -0.0000000811. The maximum absolute atomic E-state index is 10.9. The lowest BCUT2D eigenvalue weighted by atomic mass is 10.5. The van der Waals surface area contributed by atoms with Crippen LogP contribution in [0.4, 0.5) is 35.1 Å². The summed E-state index contributed by atoms with van der Waals surface area (Å²) in [6.07, 6.45) is -5.65. The van der Waals surface area contributed by atoms with Crippen molar-refractivity contribution in [2.24, 2.45) is 0 Å². The number of hydrogen-bond acceptors (Lipinski definition) is 1. The Kier molecular flexibility index (Phi) is 36.6. The number of hydrogen-bond donors (Lipinski definition) is 0. The molecular formula is C9H18F8O. The lowest BCUT2D eigenvalue weighted by molar-refractivity contribution is -0.136. The van der Waals surface area contributed by atoms with Crippen LogP contribution in [0.2, 0.25) is 0 Å². The number of rotatable bonds is 4. The summed E-state index contributed by atoms with van der Waals surface area (Å²) in [5.41, 5.74) is 0. The molecule has 0 aromatic carbocycles. The second-order valence-electron chi connectivity index (χ2n) is 2.03. The second-order valence-corrected chi connectivity index (χ2v) is 2.03. The molecule has 0 unspecified atom stereocenters. The summed E-state index contributed by atoms with van der Waals surface area (Å²) >= 11 is 0. The van der Waals surface area contributed by atoms with E-state index in [1.54, 1.807) is 0 Å². The number of halogens is 8. The van der Waals surface area contributed by atoms with Gasteiger partial charge in [0.05, 0.1) is 33.6 Å². The SMILES string of the molecule is CCF.CF.FCCC(F)(F)F.FCCOCF. The molecule has 0 atom stereocenters. The van der Waals surface area contributed by atoms with Gasteiger partial charge in [0.15, 0.2) is 6.86 Å². The van der Waals surface area contributed by atoms with Crippen LogP contribution in [0.15, 0.2) is 0 Å². The van der Waals surface area contributed by atoms with Crippen LogP contribution in [0.3, 0.4) is 0 Å². The summed E-state index contributed by atoms with van der Waals surface area (Å²) in [4.78, 5) is 0. The fourth-order valence-corrected chi connectivity index (χ4v) is 0.216. The third-order valence-corrected chi connectivity index (χ3v) is 0.677. The Bertz CT molecular complexity index is 105. The molecule has 0 aromatic rings. The van der Waals surface area contributed by atoms with Crippen molar-refractivity contribution in [1.29, 1.82) is 0 Å². The Morgan fingerprint density at radius 2 is 1.28 bits per heavy atom. The summed E-state index contributed by atoms with van der Waals surface area (Å²) < 4.78 is 88.6. The van der Waals surface area contributed by atoms with Crippen molar-refractivity contribution in [2.75, 3.05) is 40.7 Å². The van der Waals surface area contributed by atoms with Crippen molar-refractivity contribution in [3.8, 4) is 0 Å². The molecule has 0 aliphatic heterocycles. The van der Waals surface area contributed by atoms with E-state index in [9.17, 15) is 35.1 Å². The molecule has 0 aliphatic rings. The first-order valence-electron chi connectivity index (χ1n) is 4.65. The summed E-state index contributed by atoms with van der Waals surface area (Å²) in [5.74, 6) is 0. The Morgan fingerprint density at radius 3 is 1.33 bits per heavy atom. The van der Waals surface area contributed by atoms with Crippen LogP contribution in [-0.4, -0.2) is 46.8 Å². The van der Waals surface area contributed by atoms with E-state index in [4.69, 9.17) is 0 Å². The van der Waals surface area contributed by atoms with E-state index < -0.39 is 32.8 Å². The number of ether oxygens (including phenoxy) is 1. The number of alkyl halides is 8. The highest BCUT2D eigenvalue weighted by Gasteiger charge is 2.25. The predicted octanol–water partition coefficient (Wildman–Crippen LogP) is 4.37. The minimum atomic E-state index is -4.32. The standard InChI is InChI=1S/C3H4F4.C3H6F2O.C2H5F.CH3F/c4-2-1-3(5,6)7;4-1-2-6-3-5;1-2-3;1-2/h1-2H2;1-3H2;2H2,1H3;1H3. The molecule has 0 bridgehead atoms. The van der Waals surface area contributed by atoms with Gasteiger partial charge in [-0.3, -0.25) is 13.2 Å². The lowest BCUT2D eigenvalue weighted by Crippen LogP contribution is -2.07. The molecular weight excluding hydrogens is 276 g/mol. The normalized spacial score (nSPS) is 9.00. The topological polar surface area (TPSA) is 9.23 Å². The van der Waals surface area contributed by atoms with Gasteiger partial charge in [0.2, 0.25) is 0 Å². The van der Waals surface area contributed by atoms with Crippen molar-refractivity contribution in [2.45, 2.75) is 19.5 Å². The van der Waals surface area contributed by atoms with E-state index >= 15 is 0 Å². The van der Waals surface area contributed by atoms with E-state index in [0.717, 1.165) is 0 Å². The van der Waals surface area contributed by atoms with Crippen molar-refractivity contribution in [1.82, 2.24) is 0 Å². The molecule has 1 nitrogen and oxygen atoms in total. The largest absolute Gasteiger partial charge is 0.391 e. The van der Waals surface area contributed by atoms with Gasteiger partial charge in [0.1, 0.15) is 6.67 Å². The van der Waals surface area contributed by atoms with Crippen LogP contribution in [0.25, 0.3) is 0 Å². The van der Waals surface area contributed by atoms with Crippen LogP contribution in [0, 0.1) is 0 Å². The summed E-state index contributed by atoms with van der Waals surface area (Å²) in [6.45, 7) is -1.73. The van der Waals surface area contributed by atoms with E-state index in [-0.39, 0.29) is 13.3 Å². The zero-order chi connectivity index (χ0) is 15.4. The van der Waals surface area contributed by atoms with Gasteiger partial charge in [-0.15, -0.1) is 0 Å². The first-order chi connectivity index (χ1) is 8.39. The highest BCUT2D eigenvalue weighted by atomic mass is 19.4. The molecule has 9 heteroatoms. The van der Waals surface area contributed by atoms with Crippen LogP contribution in [-0.2, 0) is 4.74 Å². The van der Waals surface area contributed by atoms with Crippen molar-refractivity contribution >= 4 is 0 Å². The molecule has 0 aromatic heterocycles. The van der Waals surface area contributed by atoms with E-state index in [2.05, 4.69) is 4.74 Å². The molecule has 0 spiro atoms. The fourth-order valence-electron chi connectivity index (χ4n) is 0.216. The van der Waals surface area contributed by atoms with Crippen LogP contribution < -0.4 is 0 Å². The van der Waals surface area contributed by atoms with Gasteiger partial charge >= 0.3 is 6.18 Å². The molecule has 0 aliphatic carbocycles. The summed E-state index contributed by atoms with van der Waals surface area (Å²) in [6, 6.07) is 0. The Hall–Kier alpha value is -0.600. The molecule has 0 radical (unpaired) electrons. The molecule has 0 rings (SSSR count). The van der Waals surface area contributed by atoms with E-state index in [1.165, 1.54) is 6.92 Å². The molecule has 0 N–H and O–H groups in total. The average Bonchev–Trinajstić information content (AvgIpc) is 2.29. The molecule has 0 heterocycles. The van der Waals surface area contributed by atoms with Gasteiger partial charge < -0.3 is 4.74 Å². The molecule has 0 saturated carbocycles.